The van der Waals surface area contributed by atoms with E-state index in [2.05, 4.69) is 0 Å². The van der Waals surface area contributed by atoms with Gasteiger partial charge in [-0.15, -0.1) is 0 Å². The van der Waals surface area contributed by atoms with E-state index in [0.717, 1.165) is 28.5 Å². The molecule has 1 aliphatic rings. The van der Waals surface area contributed by atoms with E-state index in [1.165, 1.54) is 0 Å². The second-order valence-electron chi connectivity index (χ2n) is 4.30. The molecule has 1 saturated heterocycles. The van der Waals surface area contributed by atoms with Crippen molar-refractivity contribution in [3.8, 4) is 16.9 Å². The summed E-state index contributed by atoms with van der Waals surface area (Å²) >= 11 is 5.98. The van der Waals surface area contributed by atoms with E-state index in [-0.39, 0.29) is 6.10 Å². The first kappa shape index (κ1) is 11.6. The maximum absolute atomic E-state index is 5.98. The molecule has 0 radical (unpaired) electrons. The Kier molecular flexibility index (Phi) is 3.22. The average Bonchev–Trinajstić information content (AvgIpc) is 3.21. The first-order valence-corrected chi connectivity index (χ1v) is 6.29. The summed E-state index contributed by atoms with van der Waals surface area (Å²) in [5, 5.41) is 0.749. The van der Waals surface area contributed by atoms with Crippen molar-refractivity contribution < 1.29 is 9.47 Å². The number of hydrogen-bond acceptors (Lipinski definition) is 2. The Morgan fingerprint density at radius 2 is 1.89 bits per heavy atom. The van der Waals surface area contributed by atoms with Gasteiger partial charge in [-0.3, -0.25) is 0 Å². The van der Waals surface area contributed by atoms with Gasteiger partial charge >= 0.3 is 0 Å². The van der Waals surface area contributed by atoms with Crippen LogP contribution < -0.4 is 4.74 Å². The number of hydrogen-bond donors (Lipinski definition) is 0. The van der Waals surface area contributed by atoms with Gasteiger partial charge < -0.3 is 9.47 Å². The van der Waals surface area contributed by atoms with Crippen molar-refractivity contribution in [2.24, 2.45) is 0 Å². The van der Waals surface area contributed by atoms with Crippen LogP contribution in [0.2, 0.25) is 5.02 Å². The topological polar surface area (TPSA) is 21.8 Å². The van der Waals surface area contributed by atoms with Crippen molar-refractivity contribution in [3.05, 3.63) is 53.6 Å². The minimum Gasteiger partial charge on any atom is -0.491 e. The third kappa shape index (κ3) is 2.84. The molecule has 0 saturated carbocycles. The first-order valence-electron chi connectivity index (χ1n) is 5.92. The van der Waals surface area contributed by atoms with Crippen molar-refractivity contribution in [1.29, 1.82) is 0 Å². The lowest BCUT2D eigenvalue weighted by molar-refractivity contribution is 0.263. The molecule has 0 spiro atoms. The van der Waals surface area contributed by atoms with Crippen molar-refractivity contribution >= 4 is 11.6 Å². The van der Waals surface area contributed by atoms with Crippen molar-refractivity contribution in [3.63, 3.8) is 0 Å². The fourth-order valence-corrected chi connectivity index (χ4v) is 1.96. The summed E-state index contributed by atoms with van der Waals surface area (Å²) in [6.07, 6.45) is 0.289. The lowest BCUT2D eigenvalue weighted by atomic mass is 10.1. The van der Waals surface area contributed by atoms with Gasteiger partial charge in [-0.05, 0) is 35.4 Å². The summed E-state index contributed by atoms with van der Waals surface area (Å²) < 4.78 is 10.7. The molecule has 0 N–H and O–H groups in total. The van der Waals surface area contributed by atoms with Crippen LogP contribution in [0.5, 0.6) is 5.75 Å². The molecule has 0 bridgehead atoms. The standard InChI is InChI=1S/C15H13ClO2/c16-13-3-1-2-12(8-13)11-4-6-14(7-5-11)17-9-15-10-18-15/h1-8,15H,9-10H2. The smallest absolute Gasteiger partial charge is 0.119 e. The van der Waals surface area contributed by atoms with Crippen LogP contribution in [0.25, 0.3) is 11.1 Å². The highest BCUT2D eigenvalue weighted by atomic mass is 35.5. The lowest BCUT2D eigenvalue weighted by Gasteiger charge is -2.06. The van der Waals surface area contributed by atoms with E-state index in [1.54, 1.807) is 0 Å². The second kappa shape index (κ2) is 5.01. The van der Waals surface area contributed by atoms with Crippen LogP contribution in [-0.2, 0) is 4.74 Å². The molecule has 0 amide bonds. The van der Waals surface area contributed by atoms with Gasteiger partial charge in [0.25, 0.3) is 0 Å². The third-order valence-electron chi connectivity index (χ3n) is 2.85. The van der Waals surface area contributed by atoms with E-state index in [4.69, 9.17) is 21.1 Å². The Morgan fingerprint density at radius 3 is 2.56 bits per heavy atom. The quantitative estimate of drug-likeness (QED) is 0.781. The molecule has 2 nitrogen and oxygen atoms in total. The fraction of sp³-hybridized carbons (Fsp3) is 0.200. The van der Waals surface area contributed by atoms with Gasteiger partial charge in [0, 0.05) is 5.02 Å². The zero-order chi connectivity index (χ0) is 12.4. The van der Waals surface area contributed by atoms with Crippen LogP contribution in [0.4, 0.5) is 0 Å². The van der Waals surface area contributed by atoms with E-state index in [1.807, 2.05) is 48.5 Å². The van der Waals surface area contributed by atoms with Crippen LogP contribution in [0.15, 0.2) is 48.5 Å². The summed E-state index contributed by atoms with van der Waals surface area (Å²) in [7, 11) is 0. The van der Waals surface area contributed by atoms with Gasteiger partial charge in [0.1, 0.15) is 18.5 Å². The minimum absolute atomic E-state index is 0.289. The zero-order valence-corrected chi connectivity index (χ0v) is 10.6. The van der Waals surface area contributed by atoms with Crippen LogP contribution in [0, 0.1) is 0 Å². The molecule has 3 heteroatoms. The van der Waals surface area contributed by atoms with Gasteiger partial charge in [0.2, 0.25) is 0 Å². The first-order chi connectivity index (χ1) is 8.81. The SMILES string of the molecule is Clc1cccc(-c2ccc(OCC3CO3)cc2)c1. The number of ether oxygens (including phenoxy) is 2. The largest absolute Gasteiger partial charge is 0.491 e. The molecule has 1 unspecified atom stereocenters. The molecule has 2 aromatic rings. The third-order valence-corrected chi connectivity index (χ3v) is 3.09. The molecule has 0 aliphatic carbocycles. The van der Waals surface area contributed by atoms with Gasteiger partial charge in [-0.25, -0.2) is 0 Å². The molecule has 0 aromatic heterocycles. The summed E-state index contributed by atoms with van der Waals surface area (Å²) in [4.78, 5) is 0. The minimum atomic E-state index is 0.289. The van der Waals surface area contributed by atoms with Crippen LogP contribution in [-0.4, -0.2) is 19.3 Å². The van der Waals surface area contributed by atoms with Crippen molar-refractivity contribution in [1.82, 2.24) is 0 Å². The maximum atomic E-state index is 5.98. The van der Waals surface area contributed by atoms with E-state index >= 15 is 0 Å². The van der Waals surface area contributed by atoms with Crippen molar-refractivity contribution in [2.75, 3.05) is 13.2 Å². The van der Waals surface area contributed by atoms with Gasteiger partial charge in [-0.1, -0.05) is 35.9 Å². The zero-order valence-electron chi connectivity index (χ0n) is 9.80. The fourth-order valence-electron chi connectivity index (χ4n) is 1.77. The highest BCUT2D eigenvalue weighted by Gasteiger charge is 2.22. The molecular formula is C15H13ClO2. The number of halogens is 1. The summed E-state index contributed by atoms with van der Waals surface area (Å²) in [6, 6.07) is 15.8. The number of rotatable bonds is 4. The van der Waals surface area contributed by atoms with E-state index in [0.29, 0.717) is 6.61 Å². The molecular weight excluding hydrogens is 248 g/mol. The Balaban J connectivity index is 1.73. The predicted octanol–water partition coefficient (Wildman–Crippen LogP) is 3.78. The van der Waals surface area contributed by atoms with Gasteiger partial charge in [0.15, 0.2) is 0 Å². The molecule has 1 aliphatic heterocycles. The Labute approximate surface area is 111 Å². The molecule has 92 valence electrons. The normalized spacial score (nSPS) is 17.5. The monoisotopic (exact) mass is 260 g/mol. The summed E-state index contributed by atoms with van der Waals surface area (Å²) in [6.45, 7) is 1.46. The van der Waals surface area contributed by atoms with Gasteiger partial charge in [0.05, 0.1) is 6.61 Å². The summed E-state index contributed by atoms with van der Waals surface area (Å²) in [5.74, 6) is 0.872. The second-order valence-corrected chi connectivity index (χ2v) is 4.74. The molecule has 3 rings (SSSR count). The average molecular weight is 261 g/mol. The van der Waals surface area contributed by atoms with Crippen molar-refractivity contribution in [2.45, 2.75) is 6.10 Å². The predicted molar refractivity (Wildman–Crippen MR) is 72.1 cm³/mol. The number of epoxide rings is 1. The van der Waals surface area contributed by atoms with E-state index < -0.39 is 0 Å². The van der Waals surface area contributed by atoms with Gasteiger partial charge in [-0.2, -0.15) is 0 Å². The molecule has 2 aromatic carbocycles. The number of benzene rings is 2. The van der Waals surface area contributed by atoms with Crippen LogP contribution in [0.3, 0.4) is 0 Å². The Hall–Kier alpha value is -1.51. The molecule has 1 heterocycles. The van der Waals surface area contributed by atoms with Crippen LogP contribution in [0.1, 0.15) is 0 Å². The Bertz CT molecular complexity index is 532. The molecule has 1 fully saturated rings. The lowest BCUT2D eigenvalue weighted by Crippen LogP contribution is -2.03. The Morgan fingerprint density at radius 1 is 1.11 bits per heavy atom. The highest BCUT2D eigenvalue weighted by molar-refractivity contribution is 6.30. The molecule has 1 atom stereocenters. The maximum Gasteiger partial charge on any atom is 0.119 e. The highest BCUT2D eigenvalue weighted by Crippen LogP contribution is 2.25. The van der Waals surface area contributed by atoms with Crippen LogP contribution >= 0.6 is 11.6 Å². The molecule has 18 heavy (non-hydrogen) atoms. The summed E-state index contributed by atoms with van der Waals surface area (Å²) in [5.41, 5.74) is 2.24. The van der Waals surface area contributed by atoms with E-state index in [9.17, 15) is 0 Å².